The van der Waals surface area contributed by atoms with Crippen molar-refractivity contribution < 1.29 is 4.79 Å². The maximum atomic E-state index is 12.1. The van der Waals surface area contributed by atoms with Gasteiger partial charge in [-0.1, -0.05) is 30.3 Å². The fourth-order valence-electron chi connectivity index (χ4n) is 1.99. The first-order valence-electron chi connectivity index (χ1n) is 6.32. The summed E-state index contributed by atoms with van der Waals surface area (Å²) >= 11 is 0. The minimum Gasteiger partial charge on any atom is -0.350 e. The largest absolute Gasteiger partial charge is 0.350 e. The van der Waals surface area contributed by atoms with Crippen LogP contribution in [0.25, 0.3) is 0 Å². The lowest BCUT2D eigenvalue weighted by Crippen LogP contribution is -2.58. The van der Waals surface area contributed by atoms with Crippen molar-refractivity contribution in [3.63, 3.8) is 0 Å². The fourth-order valence-corrected chi connectivity index (χ4v) is 1.99. The molecule has 0 saturated heterocycles. The quantitative estimate of drug-likeness (QED) is 0.859. The molecule has 0 bridgehead atoms. The molecule has 18 heavy (non-hydrogen) atoms. The second-order valence-corrected chi connectivity index (χ2v) is 6.17. The molecule has 0 atom stereocenters. The zero-order valence-corrected chi connectivity index (χ0v) is 12.0. The molecule has 0 aliphatic rings. The Morgan fingerprint density at radius 3 is 2.11 bits per heavy atom. The van der Waals surface area contributed by atoms with Gasteiger partial charge in [0.15, 0.2) is 0 Å². The van der Waals surface area contributed by atoms with Crippen LogP contribution in [0, 0.1) is 0 Å². The van der Waals surface area contributed by atoms with Gasteiger partial charge in [0, 0.05) is 12.1 Å². The molecule has 0 aliphatic carbocycles. The van der Waals surface area contributed by atoms with Gasteiger partial charge >= 0.3 is 0 Å². The number of hydrogen-bond acceptors (Lipinski definition) is 2. The van der Waals surface area contributed by atoms with E-state index in [4.69, 9.17) is 0 Å². The van der Waals surface area contributed by atoms with E-state index in [0.29, 0.717) is 6.54 Å². The molecule has 100 valence electrons. The van der Waals surface area contributed by atoms with Gasteiger partial charge in [-0.15, -0.1) is 0 Å². The summed E-state index contributed by atoms with van der Waals surface area (Å²) in [4.78, 5) is 12.1. The SMILES string of the molecule is CC(C)(C)NC(C)(C)C(=O)NCc1ccccc1. The molecule has 0 aliphatic heterocycles. The molecule has 3 nitrogen and oxygen atoms in total. The molecular weight excluding hydrogens is 224 g/mol. The number of carbonyl (C=O) groups is 1. The normalized spacial score (nSPS) is 12.3. The monoisotopic (exact) mass is 248 g/mol. The minimum absolute atomic E-state index is 0.0151. The standard InChI is InChI=1S/C15H24N2O/c1-14(2,3)17-15(4,5)13(18)16-11-12-9-7-6-8-10-12/h6-10,17H,11H2,1-5H3,(H,16,18). The molecule has 1 rings (SSSR count). The van der Waals surface area contributed by atoms with Gasteiger partial charge in [-0.2, -0.15) is 0 Å². The van der Waals surface area contributed by atoms with E-state index in [1.807, 2.05) is 44.2 Å². The number of hydrogen-bond donors (Lipinski definition) is 2. The molecule has 0 saturated carbocycles. The third kappa shape index (κ3) is 4.88. The van der Waals surface area contributed by atoms with Crippen LogP contribution in [0.4, 0.5) is 0 Å². The molecule has 1 aromatic rings. The van der Waals surface area contributed by atoms with Crippen molar-refractivity contribution >= 4 is 5.91 Å². The Labute approximate surface area is 110 Å². The van der Waals surface area contributed by atoms with Crippen LogP contribution in [0.15, 0.2) is 30.3 Å². The maximum Gasteiger partial charge on any atom is 0.240 e. The van der Waals surface area contributed by atoms with Crippen molar-refractivity contribution in [3.8, 4) is 0 Å². The molecule has 3 heteroatoms. The third-order valence-electron chi connectivity index (χ3n) is 2.55. The second-order valence-electron chi connectivity index (χ2n) is 6.17. The predicted molar refractivity (Wildman–Crippen MR) is 75.3 cm³/mol. The highest BCUT2D eigenvalue weighted by Gasteiger charge is 2.31. The van der Waals surface area contributed by atoms with Crippen LogP contribution in [0.3, 0.4) is 0 Å². The molecule has 0 aromatic heterocycles. The number of nitrogens with one attached hydrogen (secondary N) is 2. The van der Waals surface area contributed by atoms with Gasteiger partial charge in [-0.3, -0.25) is 10.1 Å². The van der Waals surface area contributed by atoms with E-state index in [1.54, 1.807) is 0 Å². The lowest BCUT2D eigenvalue weighted by atomic mass is 9.98. The fraction of sp³-hybridized carbons (Fsp3) is 0.533. The number of carbonyl (C=O) groups excluding carboxylic acids is 1. The van der Waals surface area contributed by atoms with E-state index in [0.717, 1.165) is 5.56 Å². The summed E-state index contributed by atoms with van der Waals surface area (Å²) in [7, 11) is 0. The second kappa shape index (κ2) is 5.53. The van der Waals surface area contributed by atoms with Crippen LogP contribution in [0.5, 0.6) is 0 Å². The van der Waals surface area contributed by atoms with Crippen LogP contribution >= 0.6 is 0 Å². The van der Waals surface area contributed by atoms with Crippen molar-refractivity contribution in [3.05, 3.63) is 35.9 Å². The topological polar surface area (TPSA) is 41.1 Å². The Bertz CT molecular complexity index is 391. The average Bonchev–Trinajstić information content (AvgIpc) is 2.24. The number of benzene rings is 1. The first-order valence-corrected chi connectivity index (χ1v) is 6.32. The molecule has 2 N–H and O–H groups in total. The Kier molecular flexibility index (Phi) is 4.52. The highest BCUT2D eigenvalue weighted by Crippen LogP contribution is 2.11. The first kappa shape index (κ1) is 14.7. The summed E-state index contributed by atoms with van der Waals surface area (Å²) in [5.74, 6) is 0.0151. The van der Waals surface area contributed by atoms with E-state index in [-0.39, 0.29) is 11.4 Å². The zero-order valence-electron chi connectivity index (χ0n) is 12.0. The van der Waals surface area contributed by atoms with Crippen molar-refractivity contribution in [2.45, 2.75) is 52.2 Å². The van der Waals surface area contributed by atoms with Gasteiger partial charge in [0.1, 0.15) is 0 Å². The highest BCUT2D eigenvalue weighted by molar-refractivity contribution is 5.85. The van der Waals surface area contributed by atoms with E-state index < -0.39 is 5.54 Å². The van der Waals surface area contributed by atoms with Crippen molar-refractivity contribution in [2.24, 2.45) is 0 Å². The van der Waals surface area contributed by atoms with Crippen molar-refractivity contribution in [1.29, 1.82) is 0 Å². The molecule has 0 radical (unpaired) electrons. The van der Waals surface area contributed by atoms with Crippen LogP contribution < -0.4 is 10.6 Å². The molecule has 1 amide bonds. The van der Waals surface area contributed by atoms with Crippen molar-refractivity contribution in [2.75, 3.05) is 0 Å². The third-order valence-corrected chi connectivity index (χ3v) is 2.55. The molecular formula is C15H24N2O. The van der Waals surface area contributed by atoms with Gasteiger partial charge in [-0.05, 0) is 40.2 Å². The van der Waals surface area contributed by atoms with E-state index >= 15 is 0 Å². The number of rotatable bonds is 4. The summed E-state index contributed by atoms with van der Waals surface area (Å²) in [6, 6.07) is 9.92. The molecule has 0 fully saturated rings. The van der Waals surface area contributed by atoms with E-state index in [2.05, 4.69) is 31.4 Å². The smallest absolute Gasteiger partial charge is 0.240 e. The highest BCUT2D eigenvalue weighted by atomic mass is 16.2. The predicted octanol–water partition coefficient (Wildman–Crippen LogP) is 2.47. The van der Waals surface area contributed by atoms with E-state index in [1.165, 1.54) is 0 Å². The molecule has 0 heterocycles. The summed E-state index contributed by atoms with van der Waals surface area (Å²) in [5.41, 5.74) is 0.443. The summed E-state index contributed by atoms with van der Waals surface area (Å²) in [5, 5.41) is 6.28. The Morgan fingerprint density at radius 2 is 1.61 bits per heavy atom. The lowest BCUT2D eigenvalue weighted by Gasteiger charge is -2.33. The van der Waals surface area contributed by atoms with Crippen LogP contribution in [0.2, 0.25) is 0 Å². The van der Waals surface area contributed by atoms with Crippen molar-refractivity contribution in [1.82, 2.24) is 10.6 Å². The summed E-state index contributed by atoms with van der Waals surface area (Å²) < 4.78 is 0. The van der Waals surface area contributed by atoms with Gasteiger partial charge < -0.3 is 5.32 Å². The van der Waals surface area contributed by atoms with E-state index in [9.17, 15) is 4.79 Å². The Balaban J connectivity index is 2.55. The number of amides is 1. The minimum atomic E-state index is -0.576. The van der Waals surface area contributed by atoms with Gasteiger partial charge in [0.2, 0.25) is 5.91 Å². The molecule has 0 unspecified atom stereocenters. The molecule has 1 aromatic carbocycles. The van der Waals surface area contributed by atoms with Crippen LogP contribution in [-0.4, -0.2) is 17.0 Å². The maximum absolute atomic E-state index is 12.1. The molecule has 0 spiro atoms. The van der Waals surface area contributed by atoms with Gasteiger partial charge in [0.05, 0.1) is 5.54 Å². The van der Waals surface area contributed by atoms with Crippen LogP contribution in [-0.2, 0) is 11.3 Å². The summed E-state index contributed by atoms with van der Waals surface area (Å²) in [6.07, 6.45) is 0. The first-order chi connectivity index (χ1) is 8.21. The zero-order chi connectivity index (χ0) is 13.8. The van der Waals surface area contributed by atoms with Gasteiger partial charge in [-0.25, -0.2) is 0 Å². The Morgan fingerprint density at radius 1 is 1.06 bits per heavy atom. The average molecular weight is 248 g/mol. The summed E-state index contributed by atoms with van der Waals surface area (Å²) in [6.45, 7) is 10.5. The Hall–Kier alpha value is -1.35. The van der Waals surface area contributed by atoms with Crippen LogP contribution in [0.1, 0.15) is 40.2 Å². The van der Waals surface area contributed by atoms with Gasteiger partial charge in [0.25, 0.3) is 0 Å². The lowest BCUT2D eigenvalue weighted by molar-refractivity contribution is -0.127.